The molecule has 0 saturated heterocycles. The van der Waals surface area contributed by atoms with Crippen LogP contribution in [0.2, 0.25) is 0 Å². The van der Waals surface area contributed by atoms with Gasteiger partial charge in [0, 0.05) is 39.1 Å². The van der Waals surface area contributed by atoms with Crippen molar-refractivity contribution in [1.82, 2.24) is 30.1 Å². The van der Waals surface area contributed by atoms with E-state index in [4.69, 9.17) is 0 Å². The van der Waals surface area contributed by atoms with Crippen molar-refractivity contribution in [2.45, 2.75) is 39.7 Å². The summed E-state index contributed by atoms with van der Waals surface area (Å²) in [6.07, 6.45) is 5.80. The van der Waals surface area contributed by atoms with E-state index in [1.54, 1.807) is 6.33 Å². The Morgan fingerprint density at radius 1 is 1.25 bits per heavy atom. The van der Waals surface area contributed by atoms with Crippen molar-refractivity contribution in [2.75, 3.05) is 32.4 Å². The lowest BCUT2D eigenvalue weighted by molar-refractivity contribution is 0.586. The zero-order valence-electron chi connectivity index (χ0n) is 14.7. The maximum Gasteiger partial charge on any atom is 0.208 e. The summed E-state index contributed by atoms with van der Waals surface area (Å²) in [5.41, 5.74) is 0. The predicted octanol–water partition coefficient (Wildman–Crippen LogP) is -0.275. The number of hydrogen-bond acceptors (Lipinski definition) is 5. The molecule has 1 rings (SSSR count). The van der Waals surface area contributed by atoms with Gasteiger partial charge in [-0.25, -0.2) is 13.1 Å². The van der Waals surface area contributed by atoms with Crippen LogP contribution in [0.4, 0.5) is 0 Å². The monoisotopic (exact) mass is 359 g/mol. The highest BCUT2D eigenvalue weighted by molar-refractivity contribution is 7.88. The second kappa shape index (κ2) is 11.0. The maximum atomic E-state index is 11.1. The van der Waals surface area contributed by atoms with E-state index in [1.807, 2.05) is 11.5 Å². The molecular weight excluding hydrogens is 330 g/mol. The first-order valence-electron chi connectivity index (χ1n) is 8.29. The number of nitrogens with zero attached hydrogens (tertiary/aromatic N) is 4. The number of guanidine groups is 1. The lowest BCUT2D eigenvalue weighted by atomic mass is 10.3. The van der Waals surface area contributed by atoms with Crippen molar-refractivity contribution in [3.05, 3.63) is 12.2 Å². The van der Waals surface area contributed by atoms with Crippen molar-refractivity contribution < 1.29 is 8.42 Å². The van der Waals surface area contributed by atoms with E-state index in [-0.39, 0.29) is 0 Å². The van der Waals surface area contributed by atoms with Crippen LogP contribution in [0.3, 0.4) is 0 Å². The van der Waals surface area contributed by atoms with Crippen molar-refractivity contribution in [1.29, 1.82) is 0 Å². The first kappa shape index (κ1) is 20.4. The second-order valence-electron chi connectivity index (χ2n) is 5.40. The van der Waals surface area contributed by atoms with E-state index in [9.17, 15) is 8.42 Å². The molecule has 0 atom stereocenters. The summed E-state index contributed by atoms with van der Waals surface area (Å²) in [6.45, 7) is 7.11. The van der Waals surface area contributed by atoms with Crippen molar-refractivity contribution in [2.24, 2.45) is 4.99 Å². The highest BCUT2D eigenvalue weighted by Gasteiger charge is 2.03. The van der Waals surface area contributed by atoms with Gasteiger partial charge in [0.2, 0.25) is 10.0 Å². The fourth-order valence-corrected chi connectivity index (χ4v) is 2.45. The molecule has 24 heavy (non-hydrogen) atoms. The van der Waals surface area contributed by atoms with Gasteiger partial charge in [-0.05, 0) is 6.42 Å². The Bertz CT molecular complexity index is 598. The molecule has 10 heteroatoms. The highest BCUT2D eigenvalue weighted by Crippen LogP contribution is 1.94. The number of unbranched alkanes of at least 4 members (excludes halogenated alkanes) is 1. The fraction of sp³-hybridized carbons (Fsp3) is 0.786. The summed E-state index contributed by atoms with van der Waals surface area (Å²) >= 11 is 0. The average molecular weight is 360 g/mol. The average Bonchev–Trinajstić information content (AvgIpc) is 2.97. The molecule has 0 spiro atoms. The molecule has 0 fully saturated rings. The van der Waals surface area contributed by atoms with Gasteiger partial charge in [-0.1, -0.05) is 20.3 Å². The molecule has 3 N–H and O–H groups in total. The molecule has 0 aromatic carbocycles. The SMILES string of the molecule is CCCCN=C(NCCNS(C)(=O)=O)NCCn1cnnc1CC. The predicted molar refractivity (Wildman–Crippen MR) is 95.5 cm³/mol. The lowest BCUT2D eigenvalue weighted by Gasteiger charge is -2.13. The minimum Gasteiger partial charge on any atom is -0.355 e. The molecule has 9 nitrogen and oxygen atoms in total. The topological polar surface area (TPSA) is 113 Å². The Hall–Kier alpha value is -1.68. The van der Waals surface area contributed by atoms with Crippen LogP contribution in [0.15, 0.2) is 11.3 Å². The first-order valence-corrected chi connectivity index (χ1v) is 10.2. The summed E-state index contributed by atoms with van der Waals surface area (Å²) < 4.78 is 26.5. The lowest BCUT2D eigenvalue weighted by Crippen LogP contribution is -2.42. The van der Waals surface area contributed by atoms with E-state index in [1.165, 1.54) is 0 Å². The third kappa shape index (κ3) is 8.82. The number of aryl methyl sites for hydroxylation is 1. The van der Waals surface area contributed by atoms with Gasteiger partial charge in [0.05, 0.1) is 6.26 Å². The molecule has 0 radical (unpaired) electrons. The van der Waals surface area contributed by atoms with Crippen LogP contribution in [0.5, 0.6) is 0 Å². The highest BCUT2D eigenvalue weighted by atomic mass is 32.2. The van der Waals surface area contributed by atoms with Crippen LogP contribution in [0.1, 0.15) is 32.5 Å². The fourth-order valence-electron chi connectivity index (χ4n) is 1.97. The molecular formula is C14H29N7O2S. The van der Waals surface area contributed by atoms with Gasteiger partial charge in [0.15, 0.2) is 5.96 Å². The van der Waals surface area contributed by atoms with Gasteiger partial charge in [0.1, 0.15) is 12.2 Å². The third-order valence-corrected chi connectivity index (χ3v) is 3.95. The van der Waals surface area contributed by atoms with E-state index in [0.717, 1.165) is 44.4 Å². The molecule has 1 aromatic heterocycles. The minimum absolute atomic E-state index is 0.318. The van der Waals surface area contributed by atoms with E-state index < -0.39 is 10.0 Å². The zero-order chi connectivity index (χ0) is 17.8. The van der Waals surface area contributed by atoms with Gasteiger partial charge in [0.25, 0.3) is 0 Å². The number of aliphatic imine (C=N–C) groups is 1. The molecule has 138 valence electrons. The molecule has 0 saturated carbocycles. The number of sulfonamides is 1. The van der Waals surface area contributed by atoms with Crippen molar-refractivity contribution in [3.8, 4) is 0 Å². The normalized spacial score (nSPS) is 12.4. The largest absolute Gasteiger partial charge is 0.355 e. The Kier molecular flexibility index (Phi) is 9.31. The molecule has 0 aliphatic heterocycles. The quantitative estimate of drug-likeness (QED) is 0.285. The van der Waals surface area contributed by atoms with E-state index in [2.05, 4.69) is 37.5 Å². The molecule has 0 amide bonds. The smallest absolute Gasteiger partial charge is 0.208 e. The van der Waals surface area contributed by atoms with Crippen molar-refractivity contribution >= 4 is 16.0 Å². The second-order valence-corrected chi connectivity index (χ2v) is 7.23. The van der Waals surface area contributed by atoms with Gasteiger partial charge >= 0.3 is 0 Å². The molecule has 0 aliphatic carbocycles. The number of aromatic nitrogens is 3. The number of nitrogens with one attached hydrogen (secondary N) is 3. The molecule has 0 bridgehead atoms. The number of hydrogen-bond donors (Lipinski definition) is 3. The van der Waals surface area contributed by atoms with E-state index >= 15 is 0 Å². The van der Waals surface area contributed by atoms with E-state index in [0.29, 0.717) is 25.6 Å². The van der Waals surface area contributed by atoms with Crippen LogP contribution in [0, 0.1) is 0 Å². The third-order valence-electron chi connectivity index (χ3n) is 3.22. The Balaban J connectivity index is 2.42. The molecule has 0 unspecified atom stereocenters. The van der Waals surface area contributed by atoms with Crippen LogP contribution in [-0.2, 0) is 23.0 Å². The molecule has 1 heterocycles. The standard InChI is InChI=1S/C14H29N7O2S/c1-4-6-7-15-14(16-8-9-19-24(3,22)23)17-10-11-21-12-18-20-13(21)5-2/h12,19H,4-11H2,1-3H3,(H2,15,16,17). The van der Waals surface area contributed by atoms with Gasteiger partial charge in [-0.3, -0.25) is 4.99 Å². The maximum absolute atomic E-state index is 11.1. The first-order chi connectivity index (χ1) is 11.5. The Labute approximate surface area is 144 Å². The Morgan fingerprint density at radius 2 is 2.00 bits per heavy atom. The van der Waals surface area contributed by atoms with Crippen LogP contribution >= 0.6 is 0 Å². The number of rotatable bonds is 11. The summed E-state index contributed by atoms with van der Waals surface area (Å²) in [5, 5.41) is 14.3. The Morgan fingerprint density at radius 3 is 2.67 bits per heavy atom. The van der Waals surface area contributed by atoms with Crippen LogP contribution in [0.25, 0.3) is 0 Å². The minimum atomic E-state index is -3.16. The van der Waals surface area contributed by atoms with Gasteiger partial charge in [-0.15, -0.1) is 10.2 Å². The summed E-state index contributed by atoms with van der Waals surface area (Å²) in [5.74, 6) is 1.64. The van der Waals surface area contributed by atoms with Gasteiger partial charge in [-0.2, -0.15) is 0 Å². The summed E-state index contributed by atoms with van der Waals surface area (Å²) in [7, 11) is -3.16. The summed E-state index contributed by atoms with van der Waals surface area (Å²) in [6, 6.07) is 0. The van der Waals surface area contributed by atoms with Crippen LogP contribution in [-0.4, -0.2) is 61.6 Å². The molecule has 0 aliphatic rings. The summed E-state index contributed by atoms with van der Waals surface area (Å²) in [4.78, 5) is 4.49. The molecule has 1 aromatic rings. The van der Waals surface area contributed by atoms with Crippen LogP contribution < -0.4 is 15.4 Å². The van der Waals surface area contributed by atoms with Crippen molar-refractivity contribution in [3.63, 3.8) is 0 Å². The van der Waals surface area contributed by atoms with Gasteiger partial charge < -0.3 is 15.2 Å². The zero-order valence-corrected chi connectivity index (χ0v) is 15.6.